The lowest BCUT2D eigenvalue weighted by Crippen LogP contribution is -2.47. The van der Waals surface area contributed by atoms with Gasteiger partial charge in [0.2, 0.25) is 5.91 Å². The number of nitrogens with zero attached hydrogens (tertiary/aromatic N) is 2. The molecule has 1 fully saturated rings. The Kier molecular flexibility index (Phi) is 7.23. The molecule has 0 aromatic carbocycles. The van der Waals surface area contributed by atoms with Crippen LogP contribution in [0.4, 0.5) is 0 Å². The number of nitrogens with one attached hydrogen (secondary N) is 1. The summed E-state index contributed by atoms with van der Waals surface area (Å²) in [5.74, 6) is 0.277. The van der Waals surface area contributed by atoms with Crippen LogP contribution in [0, 0.1) is 0 Å². The number of ether oxygens (including phenoxy) is 1. The molecule has 1 N–H and O–H groups in total. The van der Waals surface area contributed by atoms with Gasteiger partial charge in [-0.15, -0.1) is 0 Å². The van der Waals surface area contributed by atoms with Crippen molar-refractivity contribution in [2.24, 2.45) is 0 Å². The number of rotatable bonds is 7. The molecule has 1 aliphatic rings. The quantitative estimate of drug-likeness (QED) is 0.706. The summed E-state index contributed by atoms with van der Waals surface area (Å²) in [5.41, 5.74) is 0. The number of carbonyl (C=O) groups excluding carboxylic acids is 1. The molecule has 0 aromatic heterocycles. The van der Waals surface area contributed by atoms with Crippen LogP contribution < -0.4 is 5.32 Å². The van der Waals surface area contributed by atoms with Crippen LogP contribution >= 0.6 is 0 Å². The van der Waals surface area contributed by atoms with Crippen LogP contribution in [0.15, 0.2) is 0 Å². The second kappa shape index (κ2) is 8.45. The van der Waals surface area contributed by atoms with Crippen molar-refractivity contribution in [3.63, 3.8) is 0 Å². The topological polar surface area (TPSA) is 44.8 Å². The standard InChI is InChI=1S/C13H27N3O2/c1-4-15(12(2)11-18-3)8-5-13(17)16-9-6-14-7-10-16/h12,14H,4-11H2,1-3H3. The molecule has 5 nitrogen and oxygen atoms in total. The average Bonchev–Trinajstić information content (AvgIpc) is 2.40. The number of hydrogen-bond acceptors (Lipinski definition) is 4. The van der Waals surface area contributed by atoms with Crippen LogP contribution in [0.2, 0.25) is 0 Å². The van der Waals surface area contributed by atoms with E-state index in [1.807, 2.05) is 4.90 Å². The van der Waals surface area contributed by atoms with E-state index >= 15 is 0 Å². The van der Waals surface area contributed by atoms with Gasteiger partial charge in [0.05, 0.1) is 6.61 Å². The summed E-state index contributed by atoms with van der Waals surface area (Å²) in [6.45, 7) is 10.3. The maximum absolute atomic E-state index is 12.0. The average molecular weight is 257 g/mol. The lowest BCUT2D eigenvalue weighted by Gasteiger charge is -2.30. The zero-order valence-corrected chi connectivity index (χ0v) is 11.9. The summed E-state index contributed by atoms with van der Waals surface area (Å²) in [6.07, 6.45) is 0.613. The van der Waals surface area contributed by atoms with E-state index in [1.54, 1.807) is 7.11 Å². The number of hydrogen-bond donors (Lipinski definition) is 1. The zero-order chi connectivity index (χ0) is 13.4. The van der Waals surface area contributed by atoms with Crippen LogP contribution in [0.5, 0.6) is 0 Å². The summed E-state index contributed by atoms with van der Waals surface area (Å²) >= 11 is 0. The first-order valence-electron chi connectivity index (χ1n) is 6.90. The first kappa shape index (κ1) is 15.4. The Morgan fingerprint density at radius 3 is 2.67 bits per heavy atom. The molecular weight excluding hydrogens is 230 g/mol. The highest BCUT2D eigenvalue weighted by atomic mass is 16.5. The molecule has 18 heavy (non-hydrogen) atoms. The van der Waals surface area contributed by atoms with Gasteiger partial charge in [-0.25, -0.2) is 0 Å². The molecule has 1 atom stereocenters. The minimum absolute atomic E-state index is 0.277. The Morgan fingerprint density at radius 2 is 2.11 bits per heavy atom. The third kappa shape index (κ3) is 4.92. The Labute approximate surface area is 110 Å². The fourth-order valence-electron chi connectivity index (χ4n) is 2.35. The van der Waals surface area contributed by atoms with Crippen molar-refractivity contribution in [2.75, 3.05) is 53.0 Å². The molecule has 0 bridgehead atoms. The first-order chi connectivity index (χ1) is 8.69. The van der Waals surface area contributed by atoms with Crippen molar-refractivity contribution in [1.29, 1.82) is 0 Å². The van der Waals surface area contributed by atoms with Crippen LogP contribution in [0.3, 0.4) is 0 Å². The van der Waals surface area contributed by atoms with Crippen molar-refractivity contribution in [3.05, 3.63) is 0 Å². The smallest absolute Gasteiger partial charge is 0.223 e. The monoisotopic (exact) mass is 257 g/mol. The summed E-state index contributed by atoms with van der Waals surface area (Å²) in [4.78, 5) is 16.3. The van der Waals surface area contributed by atoms with Gasteiger partial charge < -0.3 is 15.0 Å². The number of likely N-dealkylation sites (N-methyl/N-ethyl adjacent to an activating group) is 1. The summed E-state index contributed by atoms with van der Waals surface area (Å²) < 4.78 is 5.16. The molecule has 1 aliphatic heterocycles. The van der Waals surface area contributed by atoms with Crippen molar-refractivity contribution < 1.29 is 9.53 Å². The molecule has 1 rings (SSSR count). The zero-order valence-electron chi connectivity index (χ0n) is 11.9. The van der Waals surface area contributed by atoms with E-state index in [0.717, 1.165) is 45.9 Å². The first-order valence-corrected chi connectivity index (χ1v) is 6.90. The maximum Gasteiger partial charge on any atom is 0.223 e. The number of piperazine rings is 1. The van der Waals surface area contributed by atoms with Crippen molar-refractivity contribution in [3.8, 4) is 0 Å². The third-order valence-electron chi connectivity index (χ3n) is 3.52. The van der Waals surface area contributed by atoms with Gasteiger partial charge in [-0.3, -0.25) is 9.69 Å². The van der Waals surface area contributed by atoms with E-state index in [4.69, 9.17) is 4.74 Å². The van der Waals surface area contributed by atoms with E-state index in [2.05, 4.69) is 24.1 Å². The van der Waals surface area contributed by atoms with Gasteiger partial charge in [0.15, 0.2) is 0 Å². The molecule has 1 unspecified atom stereocenters. The fourth-order valence-corrected chi connectivity index (χ4v) is 2.35. The van der Waals surface area contributed by atoms with Crippen molar-refractivity contribution in [2.45, 2.75) is 26.3 Å². The van der Waals surface area contributed by atoms with Crippen molar-refractivity contribution >= 4 is 5.91 Å². The van der Waals surface area contributed by atoms with Gasteiger partial charge in [0.25, 0.3) is 0 Å². The van der Waals surface area contributed by atoms with Crippen LogP contribution in [-0.4, -0.2) is 74.7 Å². The minimum Gasteiger partial charge on any atom is -0.383 e. The van der Waals surface area contributed by atoms with Crippen LogP contribution in [0.1, 0.15) is 20.3 Å². The summed E-state index contributed by atoms with van der Waals surface area (Å²) in [5, 5.41) is 3.26. The molecule has 0 radical (unpaired) electrons. The second-order valence-electron chi connectivity index (χ2n) is 4.81. The molecule has 0 saturated carbocycles. The van der Waals surface area contributed by atoms with Gasteiger partial charge in [-0.2, -0.15) is 0 Å². The Hall–Kier alpha value is -0.650. The van der Waals surface area contributed by atoms with Crippen LogP contribution in [-0.2, 0) is 9.53 Å². The fraction of sp³-hybridized carbons (Fsp3) is 0.923. The van der Waals surface area contributed by atoms with E-state index in [-0.39, 0.29) is 5.91 Å². The van der Waals surface area contributed by atoms with Gasteiger partial charge >= 0.3 is 0 Å². The highest BCUT2D eigenvalue weighted by Gasteiger charge is 2.18. The lowest BCUT2D eigenvalue weighted by atomic mass is 10.2. The van der Waals surface area contributed by atoms with E-state index in [9.17, 15) is 4.79 Å². The van der Waals surface area contributed by atoms with Crippen LogP contribution in [0.25, 0.3) is 0 Å². The van der Waals surface area contributed by atoms with E-state index in [0.29, 0.717) is 12.5 Å². The highest BCUT2D eigenvalue weighted by molar-refractivity contribution is 5.76. The van der Waals surface area contributed by atoms with Gasteiger partial charge in [0.1, 0.15) is 0 Å². The normalized spacial score (nSPS) is 18.1. The summed E-state index contributed by atoms with van der Waals surface area (Å²) in [6, 6.07) is 0.371. The molecule has 106 valence electrons. The molecule has 0 aliphatic carbocycles. The SMILES string of the molecule is CCN(CCC(=O)N1CCNCC1)C(C)COC. The van der Waals surface area contributed by atoms with Gasteiger partial charge in [-0.1, -0.05) is 6.92 Å². The van der Waals surface area contributed by atoms with Crippen molar-refractivity contribution in [1.82, 2.24) is 15.1 Å². The predicted molar refractivity (Wildman–Crippen MR) is 72.7 cm³/mol. The maximum atomic E-state index is 12.0. The molecule has 1 amide bonds. The molecule has 5 heteroatoms. The Bertz CT molecular complexity index is 242. The second-order valence-corrected chi connectivity index (χ2v) is 4.81. The Balaban J connectivity index is 2.30. The molecule has 0 spiro atoms. The predicted octanol–water partition coefficient (Wildman–Crippen LogP) is 0.165. The molecular formula is C13H27N3O2. The van der Waals surface area contributed by atoms with E-state index in [1.165, 1.54) is 0 Å². The molecule has 0 aromatic rings. The minimum atomic E-state index is 0.277. The van der Waals surface area contributed by atoms with Gasteiger partial charge in [0, 0.05) is 52.3 Å². The Morgan fingerprint density at radius 1 is 1.44 bits per heavy atom. The third-order valence-corrected chi connectivity index (χ3v) is 3.52. The summed E-state index contributed by atoms with van der Waals surface area (Å²) in [7, 11) is 1.72. The highest BCUT2D eigenvalue weighted by Crippen LogP contribution is 2.03. The lowest BCUT2D eigenvalue weighted by molar-refractivity contribution is -0.132. The van der Waals surface area contributed by atoms with Gasteiger partial charge in [-0.05, 0) is 13.5 Å². The van der Waals surface area contributed by atoms with E-state index < -0.39 is 0 Å². The largest absolute Gasteiger partial charge is 0.383 e. The number of methoxy groups -OCH3 is 1. The molecule has 1 saturated heterocycles. The molecule has 1 heterocycles. The number of amides is 1. The number of carbonyl (C=O) groups is 1.